The lowest BCUT2D eigenvalue weighted by molar-refractivity contribution is 0.454. The Bertz CT molecular complexity index is 658. The highest BCUT2D eigenvalue weighted by molar-refractivity contribution is 8.14. The van der Waals surface area contributed by atoms with Crippen LogP contribution in [0.25, 0.3) is 0 Å². The molecular formula is C15H14Cl2N4S. The van der Waals surface area contributed by atoms with Crippen LogP contribution in [0.4, 0.5) is 0 Å². The summed E-state index contributed by atoms with van der Waals surface area (Å²) in [5, 5.41) is 2.08. The fourth-order valence-electron chi connectivity index (χ4n) is 2.11. The summed E-state index contributed by atoms with van der Waals surface area (Å²) in [4.78, 5) is 15.2. The highest BCUT2D eigenvalue weighted by atomic mass is 35.5. The van der Waals surface area contributed by atoms with Crippen molar-refractivity contribution in [1.82, 2.24) is 14.9 Å². The molecule has 0 bridgehead atoms. The summed E-state index contributed by atoms with van der Waals surface area (Å²) in [5.74, 6) is 1.05. The van der Waals surface area contributed by atoms with Crippen LogP contribution in [0.2, 0.25) is 10.3 Å². The molecule has 22 heavy (non-hydrogen) atoms. The molecule has 0 atom stereocenters. The van der Waals surface area contributed by atoms with Gasteiger partial charge in [0.05, 0.1) is 6.54 Å². The van der Waals surface area contributed by atoms with Gasteiger partial charge in [-0.2, -0.15) is 0 Å². The second-order valence-electron chi connectivity index (χ2n) is 4.85. The fraction of sp³-hybridized carbons (Fsp3) is 0.267. The molecule has 3 heterocycles. The number of pyridine rings is 2. The van der Waals surface area contributed by atoms with E-state index in [-0.39, 0.29) is 0 Å². The van der Waals surface area contributed by atoms with Crippen molar-refractivity contribution < 1.29 is 0 Å². The number of nitrogens with zero attached hydrogens (tertiary/aromatic N) is 4. The van der Waals surface area contributed by atoms with Crippen LogP contribution in [0, 0.1) is 0 Å². The zero-order valence-corrected chi connectivity index (χ0v) is 14.1. The lowest BCUT2D eigenvalue weighted by Gasteiger charge is -2.17. The average Bonchev–Trinajstić information content (AvgIpc) is 2.96. The highest BCUT2D eigenvalue weighted by Gasteiger charge is 2.19. The van der Waals surface area contributed by atoms with Crippen LogP contribution < -0.4 is 0 Å². The van der Waals surface area contributed by atoms with E-state index < -0.39 is 0 Å². The number of aliphatic imine (C=N–C) groups is 1. The second kappa shape index (κ2) is 7.31. The Morgan fingerprint density at radius 1 is 1.05 bits per heavy atom. The smallest absolute Gasteiger partial charge is 0.159 e. The van der Waals surface area contributed by atoms with Crippen molar-refractivity contribution in [3.63, 3.8) is 0 Å². The normalized spacial score (nSPS) is 16.5. The van der Waals surface area contributed by atoms with Crippen LogP contribution >= 0.6 is 35.0 Å². The van der Waals surface area contributed by atoms with E-state index in [2.05, 4.69) is 14.9 Å². The van der Waals surface area contributed by atoms with Crippen LogP contribution in [0.1, 0.15) is 11.1 Å². The van der Waals surface area contributed by atoms with Gasteiger partial charge in [0.25, 0.3) is 0 Å². The molecule has 0 spiro atoms. The van der Waals surface area contributed by atoms with Gasteiger partial charge in [-0.1, -0.05) is 47.1 Å². The quantitative estimate of drug-likeness (QED) is 0.782. The van der Waals surface area contributed by atoms with Gasteiger partial charge in [-0.15, -0.1) is 0 Å². The van der Waals surface area contributed by atoms with Gasteiger partial charge in [0.1, 0.15) is 10.3 Å². The number of amidine groups is 1. The molecule has 0 saturated carbocycles. The second-order valence-corrected chi connectivity index (χ2v) is 6.68. The van der Waals surface area contributed by atoms with E-state index in [1.807, 2.05) is 24.4 Å². The summed E-state index contributed by atoms with van der Waals surface area (Å²) in [5.41, 5.74) is 2.19. The van der Waals surface area contributed by atoms with Crippen LogP contribution in [-0.4, -0.2) is 32.3 Å². The van der Waals surface area contributed by atoms with Crippen molar-refractivity contribution in [3.8, 4) is 0 Å². The maximum absolute atomic E-state index is 5.82. The molecule has 1 aliphatic heterocycles. The van der Waals surface area contributed by atoms with E-state index in [0.717, 1.165) is 35.1 Å². The van der Waals surface area contributed by atoms with E-state index in [1.165, 1.54) is 0 Å². The van der Waals surface area contributed by atoms with E-state index in [0.29, 0.717) is 16.9 Å². The monoisotopic (exact) mass is 352 g/mol. The van der Waals surface area contributed by atoms with Gasteiger partial charge >= 0.3 is 0 Å². The lowest BCUT2D eigenvalue weighted by atomic mass is 10.3. The van der Waals surface area contributed by atoms with Crippen LogP contribution in [0.15, 0.2) is 41.7 Å². The standard InChI is InChI=1S/C15H14Cl2N4S/c16-13-3-1-11(7-18-13)8-20-15-21(5-6-22-15)10-12-2-4-14(17)19-9-12/h1-4,7,9H,5-6,8,10H2/b20-15-. The van der Waals surface area contributed by atoms with Gasteiger partial charge in [-0.3, -0.25) is 4.99 Å². The predicted octanol–water partition coefficient (Wildman–Crippen LogP) is 3.89. The minimum Gasteiger partial charge on any atom is -0.346 e. The molecule has 0 aromatic carbocycles. The molecule has 114 valence electrons. The Morgan fingerprint density at radius 2 is 1.73 bits per heavy atom. The summed E-state index contributed by atoms with van der Waals surface area (Å²) >= 11 is 13.4. The number of hydrogen-bond acceptors (Lipinski definition) is 4. The first kappa shape index (κ1) is 15.6. The van der Waals surface area contributed by atoms with Gasteiger partial charge in [0.2, 0.25) is 0 Å². The molecular weight excluding hydrogens is 339 g/mol. The van der Waals surface area contributed by atoms with E-state index >= 15 is 0 Å². The molecule has 1 aliphatic rings. The minimum atomic E-state index is 0.503. The Kier molecular flexibility index (Phi) is 5.18. The van der Waals surface area contributed by atoms with E-state index in [4.69, 9.17) is 28.2 Å². The van der Waals surface area contributed by atoms with Crippen molar-refractivity contribution in [2.24, 2.45) is 4.99 Å². The van der Waals surface area contributed by atoms with Crippen molar-refractivity contribution in [2.45, 2.75) is 13.1 Å². The molecule has 2 aromatic heterocycles. The van der Waals surface area contributed by atoms with Gasteiger partial charge in [0.15, 0.2) is 5.17 Å². The topological polar surface area (TPSA) is 41.4 Å². The third-order valence-electron chi connectivity index (χ3n) is 3.21. The summed E-state index contributed by atoms with van der Waals surface area (Å²) in [6.07, 6.45) is 3.57. The number of thioether (sulfide) groups is 1. The van der Waals surface area contributed by atoms with Gasteiger partial charge in [-0.25, -0.2) is 9.97 Å². The van der Waals surface area contributed by atoms with Crippen LogP contribution in [0.3, 0.4) is 0 Å². The minimum absolute atomic E-state index is 0.503. The summed E-state index contributed by atoms with van der Waals surface area (Å²) in [6, 6.07) is 7.55. The Labute approximate surface area is 143 Å². The molecule has 0 aliphatic carbocycles. The molecule has 1 saturated heterocycles. The van der Waals surface area contributed by atoms with Crippen molar-refractivity contribution in [2.75, 3.05) is 12.3 Å². The van der Waals surface area contributed by atoms with Crippen molar-refractivity contribution >= 4 is 40.1 Å². The Morgan fingerprint density at radius 3 is 2.36 bits per heavy atom. The summed E-state index contributed by atoms with van der Waals surface area (Å²) in [6.45, 7) is 2.40. The first-order chi connectivity index (χ1) is 10.7. The molecule has 3 rings (SSSR count). The third kappa shape index (κ3) is 4.12. The number of hydrogen-bond donors (Lipinski definition) is 0. The Balaban J connectivity index is 1.65. The SMILES string of the molecule is Clc1ccc(C/N=C2\SCCN2Cc2ccc(Cl)nc2)cn1. The maximum atomic E-state index is 5.82. The molecule has 0 amide bonds. The van der Waals surface area contributed by atoms with Crippen LogP contribution in [-0.2, 0) is 13.1 Å². The highest BCUT2D eigenvalue weighted by Crippen LogP contribution is 2.21. The van der Waals surface area contributed by atoms with Gasteiger partial charge < -0.3 is 4.90 Å². The molecule has 0 radical (unpaired) electrons. The molecule has 7 heteroatoms. The Hall–Kier alpha value is -1.30. The zero-order valence-electron chi connectivity index (χ0n) is 11.7. The van der Waals surface area contributed by atoms with Crippen molar-refractivity contribution in [1.29, 1.82) is 0 Å². The largest absolute Gasteiger partial charge is 0.346 e. The third-order valence-corrected chi connectivity index (χ3v) is 4.69. The number of aromatic nitrogens is 2. The van der Waals surface area contributed by atoms with Crippen molar-refractivity contribution in [3.05, 3.63) is 58.1 Å². The first-order valence-electron chi connectivity index (χ1n) is 6.84. The molecule has 4 nitrogen and oxygen atoms in total. The van der Waals surface area contributed by atoms with Crippen LogP contribution in [0.5, 0.6) is 0 Å². The zero-order chi connectivity index (χ0) is 15.4. The van der Waals surface area contributed by atoms with E-state index in [9.17, 15) is 0 Å². The van der Waals surface area contributed by atoms with Gasteiger partial charge in [0, 0.05) is 31.2 Å². The predicted molar refractivity (Wildman–Crippen MR) is 92.5 cm³/mol. The maximum Gasteiger partial charge on any atom is 0.159 e. The first-order valence-corrected chi connectivity index (χ1v) is 8.58. The number of rotatable bonds is 4. The molecule has 0 N–H and O–H groups in total. The number of halogens is 2. The molecule has 2 aromatic rings. The average molecular weight is 353 g/mol. The molecule has 0 unspecified atom stereocenters. The molecule has 1 fully saturated rings. The summed E-state index contributed by atoms with van der Waals surface area (Å²) < 4.78 is 0. The van der Waals surface area contributed by atoms with E-state index in [1.54, 1.807) is 24.0 Å². The summed E-state index contributed by atoms with van der Waals surface area (Å²) in [7, 11) is 0. The fourth-order valence-corrected chi connectivity index (χ4v) is 3.32. The lowest BCUT2D eigenvalue weighted by Crippen LogP contribution is -2.24. The van der Waals surface area contributed by atoms with Gasteiger partial charge in [-0.05, 0) is 23.3 Å².